The molecule has 0 saturated carbocycles. The molecule has 1 atom stereocenters. The number of amides is 3. The molecule has 0 aromatic heterocycles. The molecule has 3 saturated heterocycles. The highest BCUT2D eigenvalue weighted by molar-refractivity contribution is 7.99. The van der Waals surface area contributed by atoms with Crippen molar-refractivity contribution in [2.24, 2.45) is 5.92 Å². The Morgan fingerprint density at radius 3 is 2.42 bits per heavy atom. The molecular formula is C17H27N3O3S. The Balaban J connectivity index is 1.46. The van der Waals surface area contributed by atoms with Gasteiger partial charge in [0.2, 0.25) is 17.7 Å². The molecule has 0 N–H and O–H groups in total. The fraction of sp³-hybridized carbons (Fsp3) is 0.824. The molecule has 0 spiro atoms. The third-order valence-electron chi connectivity index (χ3n) is 5.20. The zero-order valence-corrected chi connectivity index (χ0v) is 15.1. The SMILES string of the molecule is O=C1CCCN1CCCN1C[C@@H](C(=O)N2CCSCC2)CCC1=O. The molecule has 6 nitrogen and oxygen atoms in total. The summed E-state index contributed by atoms with van der Waals surface area (Å²) < 4.78 is 0. The number of carbonyl (C=O) groups is 3. The van der Waals surface area contributed by atoms with Crippen LogP contribution in [0.2, 0.25) is 0 Å². The summed E-state index contributed by atoms with van der Waals surface area (Å²) in [7, 11) is 0. The van der Waals surface area contributed by atoms with Crippen molar-refractivity contribution < 1.29 is 14.4 Å². The van der Waals surface area contributed by atoms with E-state index in [0.717, 1.165) is 50.5 Å². The zero-order valence-electron chi connectivity index (χ0n) is 14.2. The Labute approximate surface area is 147 Å². The Hall–Kier alpha value is -1.24. The van der Waals surface area contributed by atoms with E-state index in [1.807, 2.05) is 26.5 Å². The number of carbonyl (C=O) groups excluding carboxylic acids is 3. The van der Waals surface area contributed by atoms with Gasteiger partial charge in [-0.2, -0.15) is 11.8 Å². The molecule has 3 rings (SSSR count). The highest BCUT2D eigenvalue weighted by Gasteiger charge is 2.33. The predicted octanol–water partition coefficient (Wildman–Crippen LogP) is 0.813. The summed E-state index contributed by atoms with van der Waals surface area (Å²) in [6, 6.07) is 0. The van der Waals surface area contributed by atoms with E-state index >= 15 is 0 Å². The van der Waals surface area contributed by atoms with Gasteiger partial charge in [0.1, 0.15) is 0 Å². The molecule has 0 bridgehead atoms. The van der Waals surface area contributed by atoms with Crippen LogP contribution in [0.1, 0.15) is 32.1 Å². The van der Waals surface area contributed by atoms with Gasteiger partial charge in [-0.25, -0.2) is 0 Å². The standard InChI is InChI=1S/C17H27N3O3S/c21-15-3-1-6-18(15)7-2-8-20-13-14(4-5-16(20)22)17(23)19-9-11-24-12-10-19/h14H,1-13H2/t14-/m0/s1. The fourth-order valence-corrected chi connectivity index (χ4v) is 4.67. The van der Waals surface area contributed by atoms with Gasteiger partial charge in [-0.15, -0.1) is 0 Å². The average Bonchev–Trinajstić information content (AvgIpc) is 3.02. The summed E-state index contributed by atoms with van der Waals surface area (Å²) in [5.74, 6) is 2.61. The van der Waals surface area contributed by atoms with Crippen LogP contribution in [0.15, 0.2) is 0 Å². The molecule has 7 heteroatoms. The van der Waals surface area contributed by atoms with Crippen LogP contribution in [-0.4, -0.2) is 83.2 Å². The highest BCUT2D eigenvalue weighted by Crippen LogP contribution is 2.22. The summed E-state index contributed by atoms with van der Waals surface area (Å²) in [6.07, 6.45) is 3.57. The van der Waals surface area contributed by atoms with Crippen molar-refractivity contribution in [1.82, 2.24) is 14.7 Å². The Morgan fingerprint density at radius 1 is 1.00 bits per heavy atom. The largest absolute Gasteiger partial charge is 0.343 e. The van der Waals surface area contributed by atoms with Crippen LogP contribution in [0, 0.1) is 5.92 Å². The molecule has 3 amide bonds. The van der Waals surface area contributed by atoms with E-state index < -0.39 is 0 Å². The van der Waals surface area contributed by atoms with Crippen LogP contribution in [-0.2, 0) is 14.4 Å². The summed E-state index contributed by atoms with van der Waals surface area (Å²) in [4.78, 5) is 42.1. The predicted molar refractivity (Wildman–Crippen MR) is 93.6 cm³/mol. The van der Waals surface area contributed by atoms with E-state index in [2.05, 4.69) is 0 Å². The first-order valence-corrected chi connectivity index (χ1v) is 10.2. The number of hydrogen-bond donors (Lipinski definition) is 0. The maximum atomic E-state index is 12.7. The van der Waals surface area contributed by atoms with Crippen molar-refractivity contribution >= 4 is 29.5 Å². The molecule has 0 aliphatic carbocycles. The summed E-state index contributed by atoms with van der Waals surface area (Å²) in [5.41, 5.74) is 0. The number of nitrogens with zero attached hydrogens (tertiary/aromatic N) is 3. The van der Waals surface area contributed by atoms with E-state index in [-0.39, 0.29) is 23.6 Å². The monoisotopic (exact) mass is 353 g/mol. The minimum atomic E-state index is -0.0424. The lowest BCUT2D eigenvalue weighted by Gasteiger charge is -2.36. The normalized spacial score (nSPS) is 25.5. The summed E-state index contributed by atoms with van der Waals surface area (Å²) >= 11 is 1.90. The van der Waals surface area contributed by atoms with E-state index in [1.54, 1.807) is 0 Å². The second-order valence-corrected chi connectivity index (χ2v) is 8.08. The second kappa shape index (κ2) is 8.23. The van der Waals surface area contributed by atoms with Gasteiger partial charge < -0.3 is 14.7 Å². The van der Waals surface area contributed by atoms with E-state index in [9.17, 15) is 14.4 Å². The van der Waals surface area contributed by atoms with Crippen molar-refractivity contribution in [3.8, 4) is 0 Å². The molecule has 3 aliphatic heterocycles. The van der Waals surface area contributed by atoms with Crippen molar-refractivity contribution in [3.63, 3.8) is 0 Å². The Kier molecular flexibility index (Phi) is 6.03. The summed E-state index contributed by atoms with van der Waals surface area (Å²) in [6.45, 7) is 4.46. The van der Waals surface area contributed by atoms with Gasteiger partial charge in [-0.05, 0) is 19.3 Å². The minimum Gasteiger partial charge on any atom is -0.343 e. The van der Waals surface area contributed by atoms with Crippen LogP contribution in [0.3, 0.4) is 0 Å². The quantitative estimate of drug-likeness (QED) is 0.734. The molecule has 3 aliphatic rings. The first kappa shape index (κ1) is 17.6. The van der Waals surface area contributed by atoms with Crippen molar-refractivity contribution in [1.29, 1.82) is 0 Å². The first-order chi connectivity index (χ1) is 11.6. The number of thioether (sulfide) groups is 1. The highest BCUT2D eigenvalue weighted by atomic mass is 32.2. The van der Waals surface area contributed by atoms with Gasteiger partial charge >= 0.3 is 0 Å². The first-order valence-electron chi connectivity index (χ1n) is 9.07. The maximum absolute atomic E-state index is 12.7. The lowest BCUT2D eigenvalue weighted by atomic mass is 9.95. The molecule has 0 unspecified atom stereocenters. The van der Waals surface area contributed by atoms with Gasteiger partial charge in [0.15, 0.2) is 0 Å². The second-order valence-electron chi connectivity index (χ2n) is 6.85. The summed E-state index contributed by atoms with van der Waals surface area (Å²) in [5, 5.41) is 0. The van der Waals surface area contributed by atoms with Crippen LogP contribution in [0.4, 0.5) is 0 Å². The van der Waals surface area contributed by atoms with Crippen molar-refractivity contribution in [2.45, 2.75) is 32.1 Å². The topological polar surface area (TPSA) is 60.9 Å². The number of piperidine rings is 1. The van der Waals surface area contributed by atoms with Gasteiger partial charge in [0.05, 0.1) is 5.92 Å². The molecule has 134 valence electrons. The number of likely N-dealkylation sites (tertiary alicyclic amines) is 2. The van der Waals surface area contributed by atoms with E-state index in [4.69, 9.17) is 0 Å². The van der Waals surface area contributed by atoms with Crippen LogP contribution in [0.25, 0.3) is 0 Å². The molecular weight excluding hydrogens is 326 g/mol. The Morgan fingerprint density at radius 2 is 1.71 bits per heavy atom. The van der Waals surface area contributed by atoms with Crippen molar-refractivity contribution in [2.75, 3.05) is 50.8 Å². The molecule has 0 aromatic rings. The Bertz CT molecular complexity index is 493. The lowest BCUT2D eigenvalue weighted by molar-refractivity contribution is -0.142. The van der Waals surface area contributed by atoms with Gasteiger partial charge in [0, 0.05) is 63.6 Å². The zero-order chi connectivity index (χ0) is 16.9. The van der Waals surface area contributed by atoms with Crippen molar-refractivity contribution in [3.05, 3.63) is 0 Å². The van der Waals surface area contributed by atoms with Crippen LogP contribution < -0.4 is 0 Å². The molecule has 0 aromatic carbocycles. The van der Waals surface area contributed by atoms with Gasteiger partial charge in [-0.3, -0.25) is 14.4 Å². The number of hydrogen-bond acceptors (Lipinski definition) is 4. The molecule has 24 heavy (non-hydrogen) atoms. The van der Waals surface area contributed by atoms with E-state index in [1.165, 1.54) is 0 Å². The van der Waals surface area contributed by atoms with Gasteiger partial charge in [0.25, 0.3) is 0 Å². The van der Waals surface area contributed by atoms with Gasteiger partial charge in [-0.1, -0.05) is 0 Å². The third kappa shape index (κ3) is 4.23. The number of rotatable bonds is 5. The third-order valence-corrected chi connectivity index (χ3v) is 6.14. The van der Waals surface area contributed by atoms with Crippen LogP contribution in [0.5, 0.6) is 0 Å². The maximum Gasteiger partial charge on any atom is 0.227 e. The van der Waals surface area contributed by atoms with E-state index in [0.29, 0.717) is 32.4 Å². The smallest absolute Gasteiger partial charge is 0.227 e. The van der Waals surface area contributed by atoms with Crippen LogP contribution >= 0.6 is 11.8 Å². The molecule has 0 radical (unpaired) electrons. The molecule has 3 heterocycles. The minimum absolute atomic E-state index is 0.0424. The average molecular weight is 353 g/mol. The lowest BCUT2D eigenvalue weighted by Crippen LogP contribution is -2.49. The fourth-order valence-electron chi connectivity index (χ4n) is 3.77. The molecule has 3 fully saturated rings.